The summed E-state index contributed by atoms with van der Waals surface area (Å²) in [4.78, 5) is 26.0. The van der Waals surface area contributed by atoms with Crippen molar-refractivity contribution in [3.63, 3.8) is 0 Å². The van der Waals surface area contributed by atoms with Crippen molar-refractivity contribution in [1.29, 1.82) is 0 Å². The van der Waals surface area contributed by atoms with E-state index in [4.69, 9.17) is 0 Å². The molecule has 4 heteroatoms. The molecule has 0 N–H and O–H groups in total. The predicted octanol–water partition coefficient (Wildman–Crippen LogP) is 1.07. The fraction of sp³-hybridized carbons (Fsp3) is 0.778. The minimum absolute atomic E-state index is 0.0978. The largest absolute Gasteiger partial charge is 0.327 e. The van der Waals surface area contributed by atoms with Gasteiger partial charge in [-0.3, -0.25) is 9.69 Å². The minimum atomic E-state index is -0.405. The van der Waals surface area contributed by atoms with Crippen molar-refractivity contribution in [3.05, 3.63) is 0 Å². The number of carbonyl (C=O) groups is 2. The van der Waals surface area contributed by atoms with Gasteiger partial charge in [-0.1, -0.05) is 0 Å². The van der Waals surface area contributed by atoms with Gasteiger partial charge in [-0.05, 0) is 27.7 Å². The summed E-state index contributed by atoms with van der Waals surface area (Å²) in [5.41, 5.74) is -0.405. The van der Waals surface area contributed by atoms with E-state index < -0.39 is 5.54 Å². The summed E-state index contributed by atoms with van der Waals surface area (Å²) in [7, 11) is 0. The van der Waals surface area contributed by atoms with Crippen LogP contribution in [0.5, 0.6) is 0 Å². The van der Waals surface area contributed by atoms with E-state index >= 15 is 0 Å². The minimum Gasteiger partial charge on any atom is -0.315 e. The summed E-state index contributed by atoms with van der Waals surface area (Å²) in [5.74, 6) is -0.0978. The Morgan fingerprint density at radius 2 is 1.85 bits per heavy atom. The number of carbonyl (C=O) groups excluding carboxylic acids is 2. The van der Waals surface area contributed by atoms with E-state index in [0.29, 0.717) is 6.54 Å². The molecule has 0 aliphatic carbocycles. The van der Waals surface area contributed by atoms with Crippen LogP contribution in [-0.4, -0.2) is 40.4 Å². The Labute approximate surface area is 78.5 Å². The lowest BCUT2D eigenvalue weighted by Crippen LogP contribution is -2.46. The van der Waals surface area contributed by atoms with Crippen LogP contribution < -0.4 is 0 Å². The Bertz CT molecular complexity index is 242. The van der Waals surface area contributed by atoms with Gasteiger partial charge in [0.1, 0.15) is 6.54 Å². The lowest BCUT2D eigenvalue weighted by atomic mass is 10.1. The summed E-state index contributed by atoms with van der Waals surface area (Å²) in [5, 5.41) is 0. The second-order valence-corrected chi connectivity index (χ2v) is 4.20. The van der Waals surface area contributed by atoms with Crippen LogP contribution in [0.15, 0.2) is 0 Å². The third-order valence-electron chi connectivity index (χ3n) is 2.09. The topological polar surface area (TPSA) is 40.6 Å². The summed E-state index contributed by atoms with van der Waals surface area (Å²) >= 11 is 0. The van der Waals surface area contributed by atoms with E-state index in [2.05, 4.69) is 0 Å². The molecule has 0 unspecified atom stereocenters. The van der Waals surface area contributed by atoms with Gasteiger partial charge in [-0.15, -0.1) is 0 Å². The SMILES string of the molecule is CCN1CC(=O)N(C(C)(C)C)C1=O. The van der Waals surface area contributed by atoms with Gasteiger partial charge in [0.05, 0.1) is 0 Å². The fourth-order valence-corrected chi connectivity index (χ4v) is 1.46. The first-order valence-corrected chi connectivity index (χ1v) is 4.50. The molecule has 74 valence electrons. The van der Waals surface area contributed by atoms with E-state index in [-0.39, 0.29) is 18.5 Å². The molecule has 0 radical (unpaired) electrons. The average molecular weight is 184 g/mol. The van der Waals surface area contributed by atoms with Crippen LogP contribution in [0, 0.1) is 0 Å². The molecule has 0 saturated carbocycles. The second-order valence-electron chi connectivity index (χ2n) is 4.20. The molecule has 0 aromatic heterocycles. The van der Waals surface area contributed by atoms with Crippen molar-refractivity contribution < 1.29 is 9.59 Å². The average Bonchev–Trinajstić information content (AvgIpc) is 2.24. The van der Waals surface area contributed by atoms with Crippen molar-refractivity contribution in [1.82, 2.24) is 9.80 Å². The first-order chi connectivity index (χ1) is 5.88. The zero-order valence-electron chi connectivity index (χ0n) is 8.63. The molecule has 0 aromatic rings. The molecule has 3 amide bonds. The van der Waals surface area contributed by atoms with Crippen molar-refractivity contribution in [3.8, 4) is 0 Å². The molecule has 0 spiro atoms. The molecule has 13 heavy (non-hydrogen) atoms. The Balaban J connectivity index is 2.89. The summed E-state index contributed by atoms with van der Waals surface area (Å²) in [6, 6.07) is -0.167. The zero-order valence-corrected chi connectivity index (χ0v) is 8.63. The van der Waals surface area contributed by atoms with E-state index in [1.807, 2.05) is 27.7 Å². The van der Waals surface area contributed by atoms with Gasteiger partial charge < -0.3 is 4.90 Å². The van der Waals surface area contributed by atoms with Crippen LogP contribution in [0.4, 0.5) is 4.79 Å². The predicted molar refractivity (Wildman–Crippen MR) is 49.2 cm³/mol. The van der Waals surface area contributed by atoms with Gasteiger partial charge in [-0.25, -0.2) is 4.79 Å². The molecule has 1 heterocycles. The molecule has 1 rings (SSSR count). The molecular formula is C9H16N2O2. The van der Waals surface area contributed by atoms with Crippen LogP contribution >= 0.6 is 0 Å². The standard InChI is InChI=1S/C9H16N2O2/c1-5-10-6-7(12)11(8(10)13)9(2,3)4/h5-6H2,1-4H3. The van der Waals surface area contributed by atoms with Gasteiger partial charge in [0.2, 0.25) is 0 Å². The quantitative estimate of drug-likeness (QED) is 0.572. The van der Waals surface area contributed by atoms with Gasteiger partial charge in [0.25, 0.3) is 5.91 Å². The summed E-state index contributed by atoms with van der Waals surface area (Å²) in [6.45, 7) is 8.28. The molecule has 1 fully saturated rings. The highest BCUT2D eigenvalue weighted by molar-refractivity contribution is 6.02. The van der Waals surface area contributed by atoms with Gasteiger partial charge in [-0.2, -0.15) is 0 Å². The van der Waals surface area contributed by atoms with Crippen LogP contribution in [0.1, 0.15) is 27.7 Å². The third kappa shape index (κ3) is 1.66. The highest BCUT2D eigenvalue weighted by atomic mass is 16.2. The summed E-state index contributed by atoms with van der Waals surface area (Å²) < 4.78 is 0. The maximum Gasteiger partial charge on any atom is 0.327 e. The van der Waals surface area contributed by atoms with Crippen molar-refractivity contribution in [2.24, 2.45) is 0 Å². The van der Waals surface area contributed by atoms with E-state index in [1.165, 1.54) is 4.90 Å². The van der Waals surface area contributed by atoms with Gasteiger partial charge in [0, 0.05) is 12.1 Å². The molecule has 4 nitrogen and oxygen atoms in total. The lowest BCUT2D eigenvalue weighted by molar-refractivity contribution is -0.128. The maximum absolute atomic E-state index is 11.6. The molecular weight excluding hydrogens is 168 g/mol. The summed E-state index contributed by atoms with van der Waals surface area (Å²) in [6.07, 6.45) is 0. The Kier molecular flexibility index (Phi) is 2.32. The van der Waals surface area contributed by atoms with Crippen molar-refractivity contribution in [2.75, 3.05) is 13.1 Å². The van der Waals surface area contributed by atoms with Crippen LogP contribution in [-0.2, 0) is 4.79 Å². The highest BCUT2D eigenvalue weighted by Crippen LogP contribution is 2.20. The van der Waals surface area contributed by atoms with E-state index in [9.17, 15) is 9.59 Å². The normalized spacial score (nSPS) is 18.8. The number of hydrogen-bond donors (Lipinski definition) is 0. The number of rotatable bonds is 1. The van der Waals surface area contributed by atoms with Crippen molar-refractivity contribution in [2.45, 2.75) is 33.2 Å². The smallest absolute Gasteiger partial charge is 0.315 e. The fourth-order valence-electron chi connectivity index (χ4n) is 1.46. The Morgan fingerprint density at radius 3 is 2.08 bits per heavy atom. The second kappa shape index (κ2) is 3.01. The number of hydrogen-bond acceptors (Lipinski definition) is 2. The molecule has 1 saturated heterocycles. The first-order valence-electron chi connectivity index (χ1n) is 4.50. The highest BCUT2D eigenvalue weighted by Gasteiger charge is 2.41. The maximum atomic E-state index is 11.6. The van der Waals surface area contributed by atoms with Crippen LogP contribution in [0.3, 0.4) is 0 Å². The number of imide groups is 1. The van der Waals surface area contributed by atoms with Crippen LogP contribution in [0.25, 0.3) is 0 Å². The number of amides is 3. The molecule has 1 aliphatic heterocycles. The Hall–Kier alpha value is -1.06. The van der Waals surface area contributed by atoms with E-state index in [0.717, 1.165) is 0 Å². The number of urea groups is 1. The molecule has 1 aliphatic rings. The number of likely N-dealkylation sites (N-methyl/N-ethyl adjacent to an activating group) is 1. The third-order valence-corrected chi connectivity index (χ3v) is 2.09. The lowest BCUT2D eigenvalue weighted by Gasteiger charge is -2.29. The van der Waals surface area contributed by atoms with Crippen LogP contribution in [0.2, 0.25) is 0 Å². The van der Waals surface area contributed by atoms with Gasteiger partial charge >= 0.3 is 6.03 Å². The molecule has 0 aromatic carbocycles. The van der Waals surface area contributed by atoms with E-state index in [1.54, 1.807) is 4.90 Å². The Morgan fingerprint density at radius 1 is 1.31 bits per heavy atom. The van der Waals surface area contributed by atoms with Crippen molar-refractivity contribution >= 4 is 11.9 Å². The molecule has 0 atom stereocenters. The zero-order chi connectivity index (χ0) is 10.2. The van der Waals surface area contributed by atoms with Gasteiger partial charge in [0.15, 0.2) is 0 Å². The monoisotopic (exact) mass is 184 g/mol. The first kappa shape index (κ1) is 10.0. The number of nitrogens with zero attached hydrogens (tertiary/aromatic N) is 2. The molecule has 0 bridgehead atoms.